The summed E-state index contributed by atoms with van der Waals surface area (Å²) < 4.78 is 1.69. The molecule has 0 spiro atoms. The van der Waals surface area contributed by atoms with Crippen molar-refractivity contribution >= 4 is 11.9 Å². The van der Waals surface area contributed by atoms with Gasteiger partial charge in [-0.3, -0.25) is 9.48 Å². The minimum Gasteiger partial charge on any atom is -0.480 e. The number of carbonyl (C=O) groups excluding carboxylic acids is 1. The lowest BCUT2D eigenvalue weighted by molar-refractivity contribution is -0.148. The van der Waals surface area contributed by atoms with Gasteiger partial charge in [-0.2, -0.15) is 5.10 Å². The number of nitrogens with zero attached hydrogens (tertiary/aromatic N) is 3. The van der Waals surface area contributed by atoms with Gasteiger partial charge >= 0.3 is 5.97 Å². The van der Waals surface area contributed by atoms with E-state index in [0.717, 1.165) is 12.0 Å². The van der Waals surface area contributed by atoms with Crippen LogP contribution in [0.3, 0.4) is 0 Å². The molecular formula is C12H17N3O3. The third kappa shape index (κ3) is 2.69. The second kappa shape index (κ2) is 5.20. The second-order valence-corrected chi connectivity index (χ2v) is 4.61. The molecule has 0 unspecified atom stereocenters. The van der Waals surface area contributed by atoms with E-state index in [0.29, 0.717) is 25.8 Å². The molecular weight excluding hydrogens is 234 g/mol. The van der Waals surface area contributed by atoms with Gasteiger partial charge in [-0.05, 0) is 24.8 Å². The Balaban J connectivity index is 1.89. The van der Waals surface area contributed by atoms with Crippen LogP contribution in [0.1, 0.15) is 24.8 Å². The van der Waals surface area contributed by atoms with Gasteiger partial charge in [-0.1, -0.05) is 0 Å². The Bertz CT molecular complexity index is 455. The molecule has 6 nitrogen and oxygen atoms in total. The average Bonchev–Trinajstić information content (AvgIpc) is 2.94. The smallest absolute Gasteiger partial charge is 0.326 e. The molecule has 1 amide bonds. The van der Waals surface area contributed by atoms with E-state index < -0.39 is 12.0 Å². The predicted molar refractivity (Wildman–Crippen MR) is 63.9 cm³/mol. The van der Waals surface area contributed by atoms with Crippen molar-refractivity contribution in [3.63, 3.8) is 0 Å². The van der Waals surface area contributed by atoms with E-state index in [2.05, 4.69) is 5.10 Å². The summed E-state index contributed by atoms with van der Waals surface area (Å²) in [6.45, 7) is 0.558. The topological polar surface area (TPSA) is 75.4 Å². The minimum atomic E-state index is -0.901. The zero-order valence-electron chi connectivity index (χ0n) is 10.4. The lowest BCUT2D eigenvalue weighted by atomic mass is 10.1. The van der Waals surface area contributed by atoms with Gasteiger partial charge in [0, 0.05) is 26.2 Å². The Hall–Kier alpha value is -1.85. The van der Waals surface area contributed by atoms with Gasteiger partial charge in [-0.25, -0.2) is 4.79 Å². The van der Waals surface area contributed by atoms with Crippen molar-refractivity contribution in [1.82, 2.24) is 14.7 Å². The van der Waals surface area contributed by atoms with Crippen molar-refractivity contribution < 1.29 is 14.7 Å². The molecule has 2 rings (SSSR count). The predicted octanol–water partition coefficient (Wildman–Crippen LogP) is 0.428. The summed E-state index contributed by atoms with van der Waals surface area (Å²) in [5.74, 6) is -0.981. The normalized spacial score (nSPS) is 19.2. The number of carbonyl (C=O) groups is 2. The van der Waals surface area contributed by atoms with Crippen LogP contribution >= 0.6 is 0 Å². The van der Waals surface area contributed by atoms with Gasteiger partial charge < -0.3 is 10.0 Å². The first-order chi connectivity index (χ1) is 8.58. The molecule has 1 aliphatic heterocycles. The molecule has 1 saturated heterocycles. The highest BCUT2D eigenvalue weighted by Gasteiger charge is 2.33. The summed E-state index contributed by atoms with van der Waals surface area (Å²) in [7, 11) is 1.83. The number of carboxylic acids is 1. The van der Waals surface area contributed by atoms with E-state index in [9.17, 15) is 9.59 Å². The van der Waals surface area contributed by atoms with Crippen molar-refractivity contribution in [3.8, 4) is 0 Å². The molecule has 98 valence electrons. The number of rotatable bonds is 4. The SMILES string of the molecule is Cn1cc(CCC(=O)N2CCC[C@H]2C(=O)O)cn1. The van der Waals surface area contributed by atoms with E-state index in [1.807, 2.05) is 13.2 Å². The quantitative estimate of drug-likeness (QED) is 0.842. The van der Waals surface area contributed by atoms with E-state index in [-0.39, 0.29) is 5.91 Å². The van der Waals surface area contributed by atoms with Crippen LogP contribution in [0.4, 0.5) is 0 Å². The van der Waals surface area contributed by atoms with Crippen molar-refractivity contribution in [1.29, 1.82) is 0 Å². The Kier molecular flexibility index (Phi) is 3.64. The molecule has 1 aromatic rings. The molecule has 0 aromatic carbocycles. The van der Waals surface area contributed by atoms with Crippen LogP contribution in [-0.2, 0) is 23.1 Å². The van der Waals surface area contributed by atoms with Crippen LogP contribution in [0.25, 0.3) is 0 Å². The van der Waals surface area contributed by atoms with Crippen LogP contribution in [-0.4, -0.2) is 44.3 Å². The van der Waals surface area contributed by atoms with Crippen molar-refractivity contribution in [2.24, 2.45) is 7.05 Å². The number of carboxylic acid groups (broad SMARTS) is 1. The fourth-order valence-electron chi connectivity index (χ4n) is 2.32. The molecule has 0 saturated carbocycles. The Labute approximate surface area is 105 Å². The Morgan fingerprint density at radius 2 is 2.33 bits per heavy atom. The maximum absolute atomic E-state index is 12.0. The zero-order chi connectivity index (χ0) is 13.1. The highest BCUT2D eigenvalue weighted by Crippen LogP contribution is 2.19. The number of likely N-dealkylation sites (tertiary alicyclic amines) is 1. The number of amides is 1. The summed E-state index contributed by atoms with van der Waals surface area (Å²) >= 11 is 0. The highest BCUT2D eigenvalue weighted by atomic mass is 16.4. The average molecular weight is 251 g/mol. The van der Waals surface area contributed by atoms with E-state index in [1.165, 1.54) is 4.90 Å². The molecule has 2 heterocycles. The number of aryl methyl sites for hydroxylation is 2. The van der Waals surface area contributed by atoms with Gasteiger partial charge in [0.1, 0.15) is 6.04 Å². The van der Waals surface area contributed by atoms with Crippen molar-refractivity contribution in [3.05, 3.63) is 18.0 Å². The summed E-state index contributed by atoms with van der Waals surface area (Å²) in [6, 6.07) is -0.633. The van der Waals surface area contributed by atoms with Crippen LogP contribution < -0.4 is 0 Å². The third-order valence-corrected chi connectivity index (χ3v) is 3.24. The molecule has 1 N–H and O–H groups in total. The summed E-state index contributed by atoms with van der Waals surface area (Å²) in [4.78, 5) is 24.4. The maximum Gasteiger partial charge on any atom is 0.326 e. The fraction of sp³-hybridized carbons (Fsp3) is 0.583. The molecule has 1 aliphatic rings. The molecule has 1 fully saturated rings. The van der Waals surface area contributed by atoms with Gasteiger partial charge in [-0.15, -0.1) is 0 Å². The molecule has 0 aliphatic carbocycles. The first kappa shape index (κ1) is 12.6. The molecule has 1 atom stereocenters. The first-order valence-electron chi connectivity index (χ1n) is 6.07. The summed E-state index contributed by atoms with van der Waals surface area (Å²) in [6.07, 6.45) is 5.88. The van der Waals surface area contributed by atoms with Gasteiger partial charge in [0.25, 0.3) is 0 Å². The van der Waals surface area contributed by atoms with Crippen LogP contribution in [0.15, 0.2) is 12.4 Å². The van der Waals surface area contributed by atoms with Gasteiger partial charge in [0.05, 0.1) is 6.20 Å². The van der Waals surface area contributed by atoms with Gasteiger partial charge in [0.2, 0.25) is 5.91 Å². The lowest BCUT2D eigenvalue weighted by Crippen LogP contribution is -2.40. The Morgan fingerprint density at radius 3 is 2.94 bits per heavy atom. The number of hydrogen-bond donors (Lipinski definition) is 1. The fourth-order valence-corrected chi connectivity index (χ4v) is 2.32. The molecule has 18 heavy (non-hydrogen) atoms. The monoisotopic (exact) mass is 251 g/mol. The van der Waals surface area contributed by atoms with Crippen molar-refractivity contribution in [2.45, 2.75) is 31.7 Å². The largest absolute Gasteiger partial charge is 0.480 e. The zero-order valence-corrected chi connectivity index (χ0v) is 10.4. The summed E-state index contributed by atoms with van der Waals surface area (Å²) in [5, 5.41) is 13.0. The Morgan fingerprint density at radius 1 is 1.56 bits per heavy atom. The van der Waals surface area contributed by atoms with Gasteiger partial charge in [0.15, 0.2) is 0 Å². The first-order valence-corrected chi connectivity index (χ1v) is 6.07. The minimum absolute atomic E-state index is 0.0799. The van der Waals surface area contributed by atoms with Crippen LogP contribution in [0.2, 0.25) is 0 Å². The number of hydrogen-bond acceptors (Lipinski definition) is 3. The molecule has 0 bridgehead atoms. The van der Waals surface area contributed by atoms with E-state index >= 15 is 0 Å². The van der Waals surface area contributed by atoms with E-state index in [1.54, 1.807) is 10.9 Å². The van der Waals surface area contributed by atoms with E-state index in [4.69, 9.17) is 5.11 Å². The number of aromatic nitrogens is 2. The second-order valence-electron chi connectivity index (χ2n) is 4.61. The van der Waals surface area contributed by atoms with Crippen molar-refractivity contribution in [2.75, 3.05) is 6.54 Å². The van der Waals surface area contributed by atoms with Crippen LogP contribution in [0, 0.1) is 0 Å². The summed E-state index contributed by atoms with van der Waals surface area (Å²) in [5.41, 5.74) is 0.997. The maximum atomic E-state index is 12.0. The number of aliphatic carboxylic acids is 1. The third-order valence-electron chi connectivity index (χ3n) is 3.24. The molecule has 6 heteroatoms. The van der Waals surface area contributed by atoms with Crippen LogP contribution in [0.5, 0.6) is 0 Å². The molecule has 0 radical (unpaired) electrons. The standard InChI is InChI=1S/C12H17N3O3/c1-14-8-9(7-13-14)4-5-11(16)15-6-2-3-10(15)12(17)18/h7-8,10H,2-6H2,1H3,(H,17,18)/t10-/m0/s1. The lowest BCUT2D eigenvalue weighted by Gasteiger charge is -2.21. The molecule has 1 aromatic heterocycles. The highest BCUT2D eigenvalue weighted by molar-refractivity contribution is 5.84.